The Labute approximate surface area is 124 Å². The summed E-state index contributed by atoms with van der Waals surface area (Å²) < 4.78 is 40.5. The van der Waals surface area contributed by atoms with Gasteiger partial charge in [-0.1, -0.05) is 37.8 Å². The van der Waals surface area contributed by atoms with Crippen molar-refractivity contribution in [3.8, 4) is 0 Å². The van der Waals surface area contributed by atoms with Crippen LogP contribution in [0.1, 0.15) is 39.5 Å². The van der Waals surface area contributed by atoms with E-state index in [0.29, 0.717) is 6.42 Å². The number of nitrogens with one attached hydrogen (secondary N) is 1. The highest BCUT2D eigenvalue weighted by Crippen LogP contribution is 2.25. The minimum atomic E-state index is -3.96. The van der Waals surface area contributed by atoms with Crippen LogP contribution in [0.4, 0.5) is 10.1 Å². The number of unbranched alkanes of at least 4 members (excludes halogenated alkanes) is 2. The van der Waals surface area contributed by atoms with E-state index in [2.05, 4.69) is 11.6 Å². The van der Waals surface area contributed by atoms with Gasteiger partial charge < -0.3 is 5.73 Å². The third kappa shape index (κ3) is 4.61. The molecule has 7 heteroatoms. The lowest BCUT2D eigenvalue weighted by Gasteiger charge is -2.15. The Balaban J connectivity index is 2.89. The average molecular weight is 323 g/mol. The molecule has 0 aliphatic rings. The summed E-state index contributed by atoms with van der Waals surface area (Å²) in [6.45, 7) is 3.82. The van der Waals surface area contributed by atoms with Gasteiger partial charge >= 0.3 is 0 Å². The van der Waals surface area contributed by atoms with Crippen LogP contribution in [0.25, 0.3) is 0 Å². The molecule has 1 aromatic carbocycles. The molecule has 0 spiro atoms. The normalized spacial score (nSPS) is 13.4. The van der Waals surface area contributed by atoms with Gasteiger partial charge in [0.1, 0.15) is 4.90 Å². The van der Waals surface area contributed by atoms with Crippen LogP contribution in [0.3, 0.4) is 0 Å². The third-order valence-corrected chi connectivity index (χ3v) is 4.73. The van der Waals surface area contributed by atoms with Gasteiger partial charge in [-0.05, 0) is 25.5 Å². The van der Waals surface area contributed by atoms with Crippen LogP contribution in [0.15, 0.2) is 17.0 Å². The van der Waals surface area contributed by atoms with Gasteiger partial charge in [-0.2, -0.15) is 0 Å². The second-order valence-electron chi connectivity index (χ2n) is 4.83. The summed E-state index contributed by atoms with van der Waals surface area (Å²) in [4.78, 5) is -0.509. The predicted octanol–water partition coefficient (Wildman–Crippen LogP) is 3.31. The number of nitrogens with two attached hydrogens (primary N) is 1. The van der Waals surface area contributed by atoms with Crippen molar-refractivity contribution in [1.29, 1.82) is 0 Å². The molecule has 0 aromatic heterocycles. The molecular formula is C13H20ClFN2O2S. The van der Waals surface area contributed by atoms with E-state index in [1.54, 1.807) is 6.92 Å². The van der Waals surface area contributed by atoms with E-state index in [9.17, 15) is 12.8 Å². The monoisotopic (exact) mass is 322 g/mol. The average Bonchev–Trinajstić information content (AvgIpc) is 2.33. The predicted molar refractivity (Wildman–Crippen MR) is 79.7 cm³/mol. The second kappa shape index (κ2) is 7.24. The Morgan fingerprint density at radius 1 is 1.40 bits per heavy atom. The molecule has 4 nitrogen and oxygen atoms in total. The molecule has 0 radical (unpaired) electrons. The van der Waals surface area contributed by atoms with Gasteiger partial charge in [-0.25, -0.2) is 17.5 Å². The number of nitrogen functional groups attached to an aromatic ring is 1. The van der Waals surface area contributed by atoms with Crippen molar-refractivity contribution >= 4 is 27.3 Å². The summed E-state index contributed by atoms with van der Waals surface area (Å²) in [5.74, 6) is -0.970. The molecular weight excluding hydrogens is 303 g/mol. The summed E-state index contributed by atoms with van der Waals surface area (Å²) in [6.07, 6.45) is 3.70. The zero-order valence-electron chi connectivity index (χ0n) is 11.6. The Bertz CT molecular complexity index is 564. The number of hydrogen-bond acceptors (Lipinski definition) is 3. The van der Waals surface area contributed by atoms with E-state index in [0.717, 1.165) is 25.3 Å². The Morgan fingerprint density at radius 2 is 2.05 bits per heavy atom. The van der Waals surface area contributed by atoms with Gasteiger partial charge in [0.25, 0.3) is 0 Å². The standard InChI is InChI=1S/C13H20ClFN2O2S/c1-3-4-5-6-9(2)17-20(18,19)12-8-10(14)7-11(16)13(12)15/h7-9,17H,3-6,16H2,1-2H3. The maximum atomic E-state index is 13.8. The van der Waals surface area contributed by atoms with Crippen LogP contribution in [-0.2, 0) is 10.0 Å². The van der Waals surface area contributed by atoms with Crippen molar-refractivity contribution in [1.82, 2.24) is 4.72 Å². The van der Waals surface area contributed by atoms with E-state index in [-0.39, 0.29) is 16.8 Å². The van der Waals surface area contributed by atoms with Crippen molar-refractivity contribution in [3.05, 3.63) is 23.0 Å². The first-order valence-electron chi connectivity index (χ1n) is 6.54. The minimum absolute atomic E-state index is 0.0860. The smallest absolute Gasteiger partial charge is 0.243 e. The number of benzene rings is 1. The molecule has 0 heterocycles. The summed E-state index contributed by atoms with van der Waals surface area (Å²) in [5, 5.41) is 0.0860. The number of anilines is 1. The maximum absolute atomic E-state index is 13.8. The molecule has 1 atom stereocenters. The summed E-state index contributed by atoms with van der Waals surface area (Å²) >= 11 is 5.73. The van der Waals surface area contributed by atoms with Crippen molar-refractivity contribution in [2.45, 2.75) is 50.5 Å². The first-order chi connectivity index (χ1) is 9.27. The molecule has 3 N–H and O–H groups in total. The van der Waals surface area contributed by atoms with E-state index < -0.39 is 20.7 Å². The van der Waals surface area contributed by atoms with E-state index in [4.69, 9.17) is 17.3 Å². The molecule has 0 fully saturated rings. The van der Waals surface area contributed by atoms with Crippen molar-refractivity contribution in [2.24, 2.45) is 0 Å². The quantitative estimate of drug-likeness (QED) is 0.597. The summed E-state index contributed by atoms with van der Waals surface area (Å²) in [5.41, 5.74) is 5.11. The molecule has 114 valence electrons. The van der Waals surface area contributed by atoms with Crippen LogP contribution in [0.2, 0.25) is 5.02 Å². The lowest BCUT2D eigenvalue weighted by Crippen LogP contribution is -2.33. The molecule has 20 heavy (non-hydrogen) atoms. The van der Waals surface area contributed by atoms with Gasteiger partial charge in [0, 0.05) is 11.1 Å². The maximum Gasteiger partial charge on any atom is 0.243 e. The summed E-state index contributed by atoms with van der Waals surface area (Å²) in [6, 6.07) is 1.97. The van der Waals surface area contributed by atoms with E-state index >= 15 is 0 Å². The number of halogens is 2. The fourth-order valence-corrected chi connectivity index (χ4v) is 3.57. The van der Waals surface area contributed by atoms with Gasteiger partial charge in [-0.3, -0.25) is 0 Å². The molecule has 0 amide bonds. The highest BCUT2D eigenvalue weighted by molar-refractivity contribution is 7.89. The van der Waals surface area contributed by atoms with Crippen LogP contribution >= 0.6 is 11.6 Å². The van der Waals surface area contributed by atoms with Gasteiger partial charge in [0.15, 0.2) is 5.82 Å². The van der Waals surface area contributed by atoms with E-state index in [1.165, 1.54) is 6.07 Å². The SMILES string of the molecule is CCCCCC(C)NS(=O)(=O)c1cc(Cl)cc(N)c1F. The largest absolute Gasteiger partial charge is 0.396 e. The molecule has 0 saturated carbocycles. The zero-order chi connectivity index (χ0) is 15.3. The van der Waals surface area contributed by atoms with Crippen molar-refractivity contribution in [3.63, 3.8) is 0 Å². The molecule has 1 unspecified atom stereocenters. The zero-order valence-corrected chi connectivity index (χ0v) is 13.2. The first kappa shape index (κ1) is 17.2. The summed E-state index contributed by atoms with van der Waals surface area (Å²) in [7, 11) is -3.96. The van der Waals surface area contributed by atoms with Gasteiger partial charge in [-0.15, -0.1) is 0 Å². The highest BCUT2D eigenvalue weighted by atomic mass is 35.5. The van der Waals surface area contributed by atoms with Crippen molar-refractivity contribution in [2.75, 3.05) is 5.73 Å². The lowest BCUT2D eigenvalue weighted by atomic mass is 10.1. The van der Waals surface area contributed by atoms with Gasteiger partial charge in [0.05, 0.1) is 5.69 Å². The number of rotatable bonds is 7. The Hall–Kier alpha value is -0.850. The molecule has 1 rings (SSSR count). The number of hydrogen-bond donors (Lipinski definition) is 2. The highest BCUT2D eigenvalue weighted by Gasteiger charge is 2.23. The minimum Gasteiger partial charge on any atom is -0.396 e. The molecule has 0 bridgehead atoms. The lowest BCUT2D eigenvalue weighted by molar-refractivity contribution is 0.519. The van der Waals surface area contributed by atoms with Crippen LogP contribution < -0.4 is 10.5 Å². The van der Waals surface area contributed by atoms with Gasteiger partial charge in [0.2, 0.25) is 10.0 Å². The molecule has 0 aliphatic carbocycles. The first-order valence-corrected chi connectivity index (χ1v) is 8.41. The Morgan fingerprint density at radius 3 is 2.65 bits per heavy atom. The third-order valence-electron chi connectivity index (χ3n) is 2.92. The topological polar surface area (TPSA) is 72.2 Å². The Kier molecular flexibility index (Phi) is 6.23. The molecule has 1 aromatic rings. The second-order valence-corrected chi connectivity index (χ2v) is 6.94. The fourth-order valence-electron chi connectivity index (χ4n) is 1.87. The molecule has 0 aliphatic heterocycles. The van der Waals surface area contributed by atoms with E-state index in [1.807, 2.05) is 0 Å². The number of sulfonamides is 1. The van der Waals surface area contributed by atoms with Crippen LogP contribution in [0.5, 0.6) is 0 Å². The van der Waals surface area contributed by atoms with Crippen LogP contribution in [-0.4, -0.2) is 14.5 Å². The molecule has 0 saturated heterocycles. The van der Waals surface area contributed by atoms with Crippen LogP contribution in [0, 0.1) is 5.82 Å². The van der Waals surface area contributed by atoms with Crippen molar-refractivity contribution < 1.29 is 12.8 Å². The fraction of sp³-hybridized carbons (Fsp3) is 0.538.